The molecule has 2 N–H and O–H groups in total. The van der Waals surface area contributed by atoms with Crippen LogP contribution in [-0.2, 0) is 17.9 Å². The highest BCUT2D eigenvalue weighted by atomic mass is 35.5. The molecule has 1 saturated heterocycles. The normalized spacial score (nSPS) is 17.6. The molecule has 2 unspecified atom stereocenters. The van der Waals surface area contributed by atoms with E-state index in [9.17, 15) is 4.79 Å². The van der Waals surface area contributed by atoms with Crippen LogP contribution in [0.5, 0.6) is 0 Å². The summed E-state index contributed by atoms with van der Waals surface area (Å²) < 4.78 is 0. The number of hydrogen-bond acceptors (Lipinski definition) is 3. The lowest BCUT2D eigenvalue weighted by Crippen LogP contribution is -2.35. The van der Waals surface area contributed by atoms with Crippen LogP contribution in [0.4, 0.5) is 0 Å². The van der Waals surface area contributed by atoms with Gasteiger partial charge in [0.1, 0.15) is 0 Å². The molecular weight excluding hydrogens is 381 g/mol. The number of piperidine rings is 1. The number of nitrogens with zero attached hydrogens (tertiary/aromatic N) is 1. The van der Waals surface area contributed by atoms with Gasteiger partial charge < -0.3 is 10.6 Å². The molecule has 156 valence electrons. The summed E-state index contributed by atoms with van der Waals surface area (Å²) in [7, 11) is 0. The van der Waals surface area contributed by atoms with Gasteiger partial charge in [-0.15, -0.1) is 24.8 Å². The Morgan fingerprint density at radius 2 is 1.89 bits per heavy atom. The molecule has 1 aromatic rings. The summed E-state index contributed by atoms with van der Waals surface area (Å²) in [5, 5.41) is 6.59. The van der Waals surface area contributed by atoms with E-state index in [4.69, 9.17) is 0 Å². The molecule has 4 nitrogen and oxygen atoms in total. The summed E-state index contributed by atoms with van der Waals surface area (Å²) in [6, 6.07) is 8.45. The maximum atomic E-state index is 12.4. The number of hydrogen-bond donors (Lipinski definition) is 2. The number of halogens is 2. The molecule has 1 heterocycles. The Labute approximate surface area is 177 Å². The fourth-order valence-electron chi connectivity index (χ4n) is 3.66. The minimum atomic E-state index is 0. The van der Waals surface area contributed by atoms with E-state index in [1.165, 1.54) is 24.0 Å². The van der Waals surface area contributed by atoms with Gasteiger partial charge >= 0.3 is 0 Å². The van der Waals surface area contributed by atoms with Gasteiger partial charge in [0, 0.05) is 19.5 Å². The molecule has 27 heavy (non-hydrogen) atoms. The minimum Gasteiger partial charge on any atom is -0.352 e. The van der Waals surface area contributed by atoms with Crippen molar-refractivity contribution in [3.8, 4) is 0 Å². The molecule has 2 atom stereocenters. The van der Waals surface area contributed by atoms with Gasteiger partial charge in [0.25, 0.3) is 0 Å². The SMILES string of the molecule is CCN(CC)Cc1ccccc1CNC(=O)CC(C)C1CCCNC1.Cl.Cl. The van der Waals surface area contributed by atoms with Crippen molar-refractivity contribution in [2.75, 3.05) is 26.2 Å². The third kappa shape index (κ3) is 8.82. The van der Waals surface area contributed by atoms with Crippen molar-refractivity contribution < 1.29 is 4.79 Å². The lowest BCUT2D eigenvalue weighted by atomic mass is 9.85. The first-order chi connectivity index (χ1) is 12.1. The molecule has 6 heteroatoms. The molecule has 0 saturated carbocycles. The highest BCUT2D eigenvalue weighted by Crippen LogP contribution is 2.22. The third-order valence-electron chi connectivity index (χ3n) is 5.53. The summed E-state index contributed by atoms with van der Waals surface area (Å²) >= 11 is 0. The van der Waals surface area contributed by atoms with E-state index in [2.05, 4.69) is 60.6 Å². The zero-order valence-electron chi connectivity index (χ0n) is 17.0. The number of carbonyl (C=O) groups is 1. The van der Waals surface area contributed by atoms with Gasteiger partial charge in [0.15, 0.2) is 0 Å². The lowest BCUT2D eigenvalue weighted by molar-refractivity contribution is -0.122. The van der Waals surface area contributed by atoms with Crippen LogP contribution in [0.3, 0.4) is 0 Å². The van der Waals surface area contributed by atoms with Crippen molar-refractivity contribution in [3.05, 3.63) is 35.4 Å². The van der Waals surface area contributed by atoms with Crippen LogP contribution < -0.4 is 10.6 Å². The van der Waals surface area contributed by atoms with Crippen molar-refractivity contribution >= 4 is 30.7 Å². The molecule has 1 aliphatic rings. The van der Waals surface area contributed by atoms with Crippen LogP contribution in [0, 0.1) is 11.8 Å². The van der Waals surface area contributed by atoms with Crippen LogP contribution in [0.15, 0.2) is 24.3 Å². The summed E-state index contributed by atoms with van der Waals surface area (Å²) in [5.41, 5.74) is 2.55. The Kier molecular flexibility index (Phi) is 13.8. The standard InChI is InChI=1S/C21H35N3O.2ClH/c1-4-24(5-2)16-20-10-7-6-9-19(20)15-23-21(25)13-17(3)18-11-8-12-22-14-18;;/h6-7,9-10,17-18,22H,4-5,8,11-16H2,1-3H3,(H,23,25);2*1H. The average Bonchev–Trinajstić information content (AvgIpc) is 2.65. The third-order valence-corrected chi connectivity index (χ3v) is 5.53. The molecule has 1 aromatic carbocycles. The fraction of sp³-hybridized carbons (Fsp3) is 0.667. The number of carbonyl (C=O) groups excluding carboxylic acids is 1. The van der Waals surface area contributed by atoms with E-state index in [-0.39, 0.29) is 30.7 Å². The molecule has 0 spiro atoms. The Hall–Kier alpha value is -0.810. The smallest absolute Gasteiger partial charge is 0.220 e. The molecule has 1 fully saturated rings. The molecule has 0 aromatic heterocycles. The highest BCUT2D eigenvalue weighted by Gasteiger charge is 2.22. The van der Waals surface area contributed by atoms with Crippen LogP contribution in [0.25, 0.3) is 0 Å². The van der Waals surface area contributed by atoms with Gasteiger partial charge in [-0.25, -0.2) is 0 Å². The van der Waals surface area contributed by atoms with E-state index >= 15 is 0 Å². The Morgan fingerprint density at radius 3 is 2.48 bits per heavy atom. The van der Waals surface area contributed by atoms with Crippen LogP contribution >= 0.6 is 24.8 Å². The largest absolute Gasteiger partial charge is 0.352 e. The van der Waals surface area contributed by atoms with Crippen LogP contribution in [-0.4, -0.2) is 37.0 Å². The van der Waals surface area contributed by atoms with Crippen LogP contribution in [0.2, 0.25) is 0 Å². The highest BCUT2D eigenvalue weighted by molar-refractivity contribution is 5.85. The molecular formula is C21H37Cl2N3O. The van der Waals surface area contributed by atoms with E-state index in [0.29, 0.717) is 24.8 Å². The van der Waals surface area contributed by atoms with Crippen LogP contribution in [0.1, 0.15) is 51.2 Å². The van der Waals surface area contributed by atoms with Crippen molar-refractivity contribution in [2.24, 2.45) is 11.8 Å². The second-order valence-electron chi connectivity index (χ2n) is 7.29. The Bertz CT molecular complexity index is 532. The zero-order valence-corrected chi connectivity index (χ0v) is 18.6. The number of amides is 1. The van der Waals surface area contributed by atoms with Crippen molar-refractivity contribution in [1.82, 2.24) is 15.5 Å². The predicted molar refractivity (Wildman–Crippen MR) is 119 cm³/mol. The van der Waals surface area contributed by atoms with Gasteiger partial charge in [0.05, 0.1) is 0 Å². The number of rotatable bonds is 9. The van der Waals surface area contributed by atoms with Crippen molar-refractivity contribution in [2.45, 2.75) is 53.1 Å². The molecule has 0 radical (unpaired) electrons. The van der Waals surface area contributed by atoms with Gasteiger partial charge in [-0.1, -0.05) is 45.0 Å². The maximum Gasteiger partial charge on any atom is 0.220 e. The Balaban J connectivity index is 0.00000338. The first kappa shape index (κ1) is 26.2. The first-order valence-corrected chi connectivity index (χ1v) is 9.90. The second kappa shape index (κ2) is 14.2. The van der Waals surface area contributed by atoms with Gasteiger partial charge in [0.2, 0.25) is 5.91 Å². The van der Waals surface area contributed by atoms with E-state index in [0.717, 1.165) is 32.7 Å². The molecule has 0 bridgehead atoms. The molecule has 1 amide bonds. The number of benzene rings is 1. The molecule has 0 aliphatic carbocycles. The van der Waals surface area contributed by atoms with E-state index < -0.39 is 0 Å². The first-order valence-electron chi connectivity index (χ1n) is 9.90. The summed E-state index contributed by atoms with van der Waals surface area (Å²) in [6.07, 6.45) is 3.11. The lowest BCUT2D eigenvalue weighted by Gasteiger charge is -2.28. The average molecular weight is 418 g/mol. The second-order valence-corrected chi connectivity index (χ2v) is 7.29. The Morgan fingerprint density at radius 1 is 1.22 bits per heavy atom. The molecule has 1 aliphatic heterocycles. The quantitative estimate of drug-likeness (QED) is 0.637. The van der Waals surface area contributed by atoms with Crippen molar-refractivity contribution in [3.63, 3.8) is 0 Å². The fourth-order valence-corrected chi connectivity index (χ4v) is 3.66. The van der Waals surface area contributed by atoms with Gasteiger partial charge in [-0.3, -0.25) is 9.69 Å². The van der Waals surface area contributed by atoms with E-state index in [1.807, 2.05) is 0 Å². The van der Waals surface area contributed by atoms with Crippen molar-refractivity contribution in [1.29, 1.82) is 0 Å². The topological polar surface area (TPSA) is 44.4 Å². The summed E-state index contributed by atoms with van der Waals surface area (Å²) in [5.74, 6) is 1.25. The van der Waals surface area contributed by atoms with Gasteiger partial charge in [-0.05, 0) is 62.0 Å². The summed E-state index contributed by atoms with van der Waals surface area (Å²) in [4.78, 5) is 14.8. The minimum absolute atomic E-state index is 0. The predicted octanol–water partition coefficient (Wildman–Crippen LogP) is 4.01. The summed E-state index contributed by atoms with van der Waals surface area (Å²) in [6.45, 7) is 12.4. The maximum absolute atomic E-state index is 12.4. The monoisotopic (exact) mass is 417 g/mol. The number of nitrogens with one attached hydrogen (secondary N) is 2. The zero-order chi connectivity index (χ0) is 18.1. The van der Waals surface area contributed by atoms with E-state index in [1.54, 1.807) is 0 Å². The molecule has 2 rings (SSSR count). The van der Waals surface area contributed by atoms with Gasteiger partial charge in [-0.2, -0.15) is 0 Å².